The summed E-state index contributed by atoms with van der Waals surface area (Å²) < 4.78 is 0. The average Bonchev–Trinajstić information content (AvgIpc) is 3.15. The van der Waals surface area contributed by atoms with E-state index >= 15 is 0 Å². The number of H-pyrrole nitrogens is 1. The molecule has 1 aliphatic heterocycles. The van der Waals surface area contributed by atoms with Crippen LogP contribution < -0.4 is 10.9 Å². The minimum Gasteiger partial charge on any atom is -0.352 e. The standard InChI is InChI=1S/C19H24N4O2/c24-18(20-10-4-5-11-23-12-6-7-13-23)16-14-21-17(22-19(16)25)15-8-2-1-3-9-15/h1-3,8-9,14H,4-7,10-13H2,(H,20,24)(H,21,22,25). The summed E-state index contributed by atoms with van der Waals surface area (Å²) in [6, 6.07) is 9.36. The molecule has 0 spiro atoms. The van der Waals surface area contributed by atoms with Gasteiger partial charge in [0.2, 0.25) is 0 Å². The van der Waals surface area contributed by atoms with Crippen molar-refractivity contribution in [3.8, 4) is 11.4 Å². The lowest BCUT2D eigenvalue weighted by Crippen LogP contribution is -2.31. The molecule has 0 saturated carbocycles. The van der Waals surface area contributed by atoms with Crippen LogP contribution in [-0.4, -0.2) is 47.0 Å². The first kappa shape index (κ1) is 17.4. The summed E-state index contributed by atoms with van der Waals surface area (Å²) >= 11 is 0. The van der Waals surface area contributed by atoms with Gasteiger partial charge in [0.25, 0.3) is 11.5 Å². The zero-order chi connectivity index (χ0) is 17.5. The van der Waals surface area contributed by atoms with Gasteiger partial charge in [0, 0.05) is 18.3 Å². The number of rotatable bonds is 7. The van der Waals surface area contributed by atoms with E-state index < -0.39 is 5.56 Å². The maximum absolute atomic E-state index is 12.2. The highest BCUT2D eigenvalue weighted by Crippen LogP contribution is 2.11. The van der Waals surface area contributed by atoms with Gasteiger partial charge in [-0.1, -0.05) is 30.3 Å². The Balaban J connectivity index is 1.49. The highest BCUT2D eigenvalue weighted by Gasteiger charge is 2.13. The van der Waals surface area contributed by atoms with Crippen molar-refractivity contribution >= 4 is 5.91 Å². The molecule has 1 saturated heterocycles. The second-order valence-electron chi connectivity index (χ2n) is 6.35. The number of carbonyl (C=O) groups is 1. The van der Waals surface area contributed by atoms with Crippen LogP contribution in [0.2, 0.25) is 0 Å². The molecule has 1 aliphatic rings. The molecule has 1 amide bonds. The molecule has 0 unspecified atom stereocenters. The summed E-state index contributed by atoms with van der Waals surface area (Å²) in [5.74, 6) is 0.0993. The number of unbranched alkanes of at least 4 members (excludes halogenated alkanes) is 1. The Kier molecular flexibility index (Phi) is 5.95. The van der Waals surface area contributed by atoms with E-state index in [0.29, 0.717) is 12.4 Å². The number of benzene rings is 1. The van der Waals surface area contributed by atoms with Crippen LogP contribution in [0.4, 0.5) is 0 Å². The van der Waals surface area contributed by atoms with Gasteiger partial charge in [-0.3, -0.25) is 9.59 Å². The Bertz CT molecular complexity index is 752. The third-order valence-electron chi connectivity index (χ3n) is 4.48. The molecular weight excluding hydrogens is 316 g/mol. The zero-order valence-corrected chi connectivity index (χ0v) is 14.3. The molecule has 1 aromatic carbocycles. The van der Waals surface area contributed by atoms with E-state index in [1.54, 1.807) is 0 Å². The van der Waals surface area contributed by atoms with E-state index in [2.05, 4.69) is 20.2 Å². The quantitative estimate of drug-likeness (QED) is 0.756. The molecule has 2 heterocycles. The molecule has 6 heteroatoms. The van der Waals surface area contributed by atoms with Crippen molar-refractivity contribution in [2.45, 2.75) is 25.7 Å². The maximum atomic E-state index is 12.2. The van der Waals surface area contributed by atoms with Crippen LogP contribution in [-0.2, 0) is 0 Å². The maximum Gasteiger partial charge on any atom is 0.264 e. The summed E-state index contributed by atoms with van der Waals surface area (Å²) in [5.41, 5.74) is 0.455. The minimum atomic E-state index is -0.414. The van der Waals surface area contributed by atoms with Crippen LogP contribution in [0.1, 0.15) is 36.0 Å². The van der Waals surface area contributed by atoms with Crippen molar-refractivity contribution < 1.29 is 4.79 Å². The molecule has 1 fully saturated rings. The number of likely N-dealkylation sites (tertiary alicyclic amines) is 1. The molecule has 1 aromatic heterocycles. The molecule has 132 valence electrons. The molecule has 3 rings (SSSR count). The van der Waals surface area contributed by atoms with Crippen molar-refractivity contribution in [2.75, 3.05) is 26.2 Å². The summed E-state index contributed by atoms with van der Waals surface area (Å²) in [6.07, 6.45) is 5.91. The number of hydrogen-bond donors (Lipinski definition) is 2. The third kappa shape index (κ3) is 4.76. The molecule has 2 N–H and O–H groups in total. The van der Waals surface area contributed by atoms with Gasteiger partial charge in [-0.15, -0.1) is 0 Å². The van der Waals surface area contributed by atoms with Gasteiger partial charge in [0.1, 0.15) is 11.4 Å². The molecule has 25 heavy (non-hydrogen) atoms. The van der Waals surface area contributed by atoms with Gasteiger partial charge in [-0.2, -0.15) is 0 Å². The fourth-order valence-electron chi connectivity index (χ4n) is 3.06. The number of nitrogens with zero attached hydrogens (tertiary/aromatic N) is 2. The van der Waals surface area contributed by atoms with E-state index in [-0.39, 0.29) is 11.5 Å². The second kappa shape index (κ2) is 8.58. The number of aromatic nitrogens is 2. The van der Waals surface area contributed by atoms with Crippen LogP contribution in [0.15, 0.2) is 41.3 Å². The van der Waals surface area contributed by atoms with Gasteiger partial charge in [0.05, 0.1) is 0 Å². The lowest BCUT2D eigenvalue weighted by atomic mass is 10.2. The van der Waals surface area contributed by atoms with Crippen LogP contribution in [0, 0.1) is 0 Å². The van der Waals surface area contributed by atoms with Crippen LogP contribution in [0.25, 0.3) is 11.4 Å². The summed E-state index contributed by atoms with van der Waals surface area (Å²) in [4.78, 5) is 33.6. The number of aromatic amines is 1. The van der Waals surface area contributed by atoms with Crippen molar-refractivity contribution in [3.63, 3.8) is 0 Å². The van der Waals surface area contributed by atoms with Gasteiger partial charge in [0.15, 0.2) is 0 Å². The first-order valence-corrected chi connectivity index (χ1v) is 8.89. The number of nitrogens with one attached hydrogen (secondary N) is 2. The van der Waals surface area contributed by atoms with E-state index in [0.717, 1.165) is 24.9 Å². The van der Waals surface area contributed by atoms with Crippen molar-refractivity contribution in [1.82, 2.24) is 20.2 Å². The Morgan fingerprint density at radius 2 is 1.92 bits per heavy atom. The minimum absolute atomic E-state index is 0.0548. The first-order valence-electron chi connectivity index (χ1n) is 8.89. The SMILES string of the molecule is O=C(NCCCCN1CCCC1)c1cnc(-c2ccccc2)[nH]c1=O. The Morgan fingerprint density at radius 1 is 1.16 bits per heavy atom. The third-order valence-corrected chi connectivity index (χ3v) is 4.48. The predicted octanol–water partition coefficient (Wildman–Crippen LogP) is 2.04. The number of amides is 1. The van der Waals surface area contributed by atoms with Crippen LogP contribution >= 0.6 is 0 Å². The van der Waals surface area contributed by atoms with Crippen molar-refractivity contribution in [1.29, 1.82) is 0 Å². The van der Waals surface area contributed by atoms with Crippen LogP contribution in [0.5, 0.6) is 0 Å². The second-order valence-corrected chi connectivity index (χ2v) is 6.35. The Hall–Kier alpha value is -2.47. The summed E-state index contributed by atoms with van der Waals surface area (Å²) in [7, 11) is 0. The average molecular weight is 340 g/mol. The number of hydrogen-bond acceptors (Lipinski definition) is 4. The Morgan fingerprint density at radius 3 is 2.64 bits per heavy atom. The Labute approximate surface area is 147 Å². The summed E-state index contributed by atoms with van der Waals surface area (Å²) in [6.45, 7) is 4.05. The van der Waals surface area contributed by atoms with E-state index in [4.69, 9.17) is 0 Å². The topological polar surface area (TPSA) is 78.1 Å². The molecule has 6 nitrogen and oxygen atoms in total. The first-order chi connectivity index (χ1) is 12.2. The molecule has 0 bridgehead atoms. The fraction of sp³-hybridized carbons (Fsp3) is 0.421. The van der Waals surface area contributed by atoms with Crippen molar-refractivity contribution in [2.24, 2.45) is 0 Å². The predicted molar refractivity (Wildman–Crippen MR) is 97.5 cm³/mol. The van der Waals surface area contributed by atoms with Crippen LogP contribution in [0.3, 0.4) is 0 Å². The van der Waals surface area contributed by atoms with E-state index in [9.17, 15) is 9.59 Å². The van der Waals surface area contributed by atoms with Gasteiger partial charge in [-0.05, 0) is 45.3 Å². The highest BCUT2D eigenvalue weighted by molar-refractivity contribution is 5.93. The van der Waals surface area contributed by atoms with Crippen molar-refractivity contribution in [3.05, 3.63) is 52.4 Å². The zero-order valence-electron chi connectivity index (χ0n) is 14.3. The molecule has 0 aliphatic carbocycles. The highest BCUT2D eigenvalue weighted by atomic mass is 16.2. The molecule has 0 atom stereocenters. The normalized spacial score (nSPS) is 14.6. The van der Waals surface area contributed by atoms with E-state index in [1.165, 1.54) is 32.1 Å². The lowest BCUT2D eigenvalue weighted by Gasteiger charge is -2.13. The lowest BCUT2D eigenvalue weighted by molar-refractivity contribution is 0.0950. The molecule has 2 aromatic rings. The van der Waals surface area contributed by atoms with Gasteiger partial charge < -0.3 is 15.2 Å². The van der Waals surface area contributed by atoms with Gasteiger partial charge in [-0.25, -0.2) is 4.98 Å². The smallest absolute Gasteiger partial charge is 0.264 e. The molecule has 0 radical (unpaired) electrons. The van der Waals surface area contributed by atoms with Gasteiger partial charge >= 0.3 is 0 Å². The fourth-order valence-corrected chi connectivity index (χ4v) is 3.06. The summed E-state index contributed by atoms with van der Waals surface area (Å²) in [5, 5.41) is 2.81. The largest absolute Gasteiger partial charge is 0.352 e. The monoisotopic (exact) mass is 340 g/mol. The van der Waals surface area contributed by atoms with E-state index in [1.807, 2.05) is 30.3 Å². The molecular formula is C19H24N4O2. The number of carbonyl (C=O) groups excluding carboxylic acids is 1.